The highest BCUT2D eigenvalue weighted by Gasteiger charge is 2.30. The molecule has 5 aromatic rings. The van der Waals surface area contributed by atoms with Gasteiger partial charge in [0.1, 0.15) is 18.4 Å². The van der Waals surface area contributed by atoms with Crippen molar-refractivity contribution in [3.05, 3.63) is 125 Å². The monoisotopic (exact) mass is 532 g/mol. The number of aliphatic carboxylic acids is 1. The molecule has 40 heavy (non-hydrogen) atoms. The van der Waals surface area contributed by atoms with Gasteiger partial charge in [-0.3, -0.25) is 0 Å². The normalized spacial score (nSPS) is 13.0. The lowest BCUT2D eigenvalue weighted by Gasteiger charge is -2.18. The van der Waals surface area contributed by atoms with Crippen LogP contribution in [0.1, 0.15) is 33.9 Å². The van der Waals surface area contributed by atoms with Gasteiger partial charge in [-0.05, 0) is 51.6 Å². The molecule has 0 unspecified atom stereocenters. The number of aromatic hydroxyl groups is 1. The maximum absolute atomic E-state index is 12.9. The van der Waals surface area contributed by atoms with Crippen LogP contribution in [-0.4, -0.2) is 39.9 Å². The van der Waals surface area contributed by atoms with Gasteiger partial charge in [0.15, 0.2) is 0 Å². The third-order valence-corrected chi connectivity index (χ3v) is 7.56. The van der Waals surface area contributed by atoms with Gasteiger partial charge in [-0.25, -0.2) is 9.59 Å². The van der Waals surface area contributed by atoms with Crippen LogP contribution in [0.15, 0.2) is 97.1 Å². The standard InChI is InChI=1S/C33H28N2O5/c36-21-15-13-20(14-16-21)17-30-27(26-11-5-6-12-29(26)34-30)18-31(32(37)38)35-33(39)40-19-28-24-9-3-1-7-22(24)23-8-2-4-10-25(23)28/h1-16,28,31,34,36H,17-19H2,(H,35,39)(H,37,38)/t31-/m0/s1. The Morgan fingerprint density at radius 1 is 0.850 bits per heavy atom. The number of fused-ring (bicyclic) bond motifs is 4. The lowest BCUT2D eigenvalue weighted by molar-refractivity contribution is -0.139. The Hall–Kier alpha value is -5.04. The number of phenols is 1. The van der Waals surface area contributed by atoms with Gasteiger partial charge in [0.25, 0.3) is 0 Å². The number of aromatic nitrogens is 1. The minimum absolute atomic E-state index is 0.0803. The first kappa shape index (κ1) is 25.2. The van der Waals surface area contributed by atoms with Gasteiger partial charge in [0.05, 0.1) is 0 Å². The quantitative estimate of drug-likeness (QED) is 0.196. The molecular weight excluding hydrogens is 504 g/mol. The summed E-state index contributed by atoms with van der Waals surface area (Å²) in [6.45, 7) is 0.103. The first-order chi connectivity index (χ1) is 19.5. The number of rotatable bonds is 8. The second-order valence-electron chi connectivity index (χ2n) is 10.0. The van der Waals surface area contributed by atoms with Crippen LogP contribution < -0.4 is 5.32 Å². The fraction of sp³-hybridized carbons (Fsp3) is 0.152. The van der Waals surface area contributed by atoms with E-state index in [1.807, 2.05) is 72.8 Å². The van der Waals surface area contributed by atoms with Crippen LogP contribution in [0, 0.1) is 0 Å². The third kappa shape index (κ3) is 4.89. The van der Waals surface area contributed by atoms with E-state index in [1.165, 1.54) is 0 Å². The number of H-pyrrole nitrogens is 1. The minimum Gasteiger partial charge on any atom is -0.508 e. The van der Waals surface area contributed by atoms with Crippen molar-refractivity contribution in [3.8, 4) is 16.9 Å². The Balaban J connectivity index is 1.20. The molecule has 0 aliphatic heterocycles. The van der Waals surface area contributed by atoms with Crippen molar-refractivity contribution in [1.29, 1.82) is 0 Å². The summed E-state index contributed by atoms with van der Waals surface area (Å²) in [5, 5.41) is 23.2. The van der Waals surface area contributed by atoms with E-state index < -0.39 is 18.1 Å². The van der Waals surface area contributed by atoms with Gasteiger partial charge in [-0.1, -0.05) is 78.9 Å². The number of hydrogen-bond donors (Lipinski definition) is 4. The van der Waals surface area contributed by atoms with E-state index >= 15 is 0 Å². The summed E-state index contributed by atoms with van der Waals surface area (Å²) in [5.74, 6) is -1.08. The number of nitrogens with one attached hydrogen (secondary N) is 2. The maximum atomic E-state index is 12.9. The molecule has 1 aliphatic rings. The van der Waals surface area contributed by atoms with E-state index in [1.54, 1.807) is 12.1 Å². The number of alkyl carbamates (subject to hydrolysis) is 1. The fourth-order valence-corrected chi connectivity index (χ4v) is 5.64. The predicted octanol–water partition coefficient (Wildman–Crippen LogP) is 6.00. The van der Waals surface area contributed by atoms with Crippen LogP contribution in [0.4, 0.5) is 4.79 Å². The van der Waals surface area contributed by atoms with Crippen LogP contribution in [0.3, 0.4) is 0 Å². The predicted molar refractivity (Wildman–Crippen MR) is 153 cm³/mol. The number of ether oxygens (including phenoxy) is 1. The third-order valence-electron chi connectivity index (χ3n) is 7.56. The molecule has 1 amide bonds. The van der Waals surface area contributed by atoms with Gasteiger partial charge < -0.3 is 25.3 Å². The molecule has 6 rings (SSSR count). The molecule has 0 spiro atoms. The van der Waals surface area contributed by atoms with E-state index in [2.05, 4.69) is 22.4 Å². The van der Waals surface area contributed by atoms with Crippen LogP contribution in [-0.2, 0) is 22.4 Å². The summed E-state index contributed by atoms with van der Waals surface area (Å²) in [6, 6.07) is 29.5. The molecule has 4 N–H and O–H groups in total. The summed E-state index contributed by atoms with van der Waals surface area (Å²) in [4.78, 5) is 28.6. The van der Waals surface area contributed by atoms with Crippen LogP contribution in [0.25, 0.3) is 22.0 Å². The highest BCUT2D eigenvalue weighted by molar-refractivity contribution is 5.87. The van der Waals surface area contributed by atoms with Gasteiger partial charge >= 0.3 is 12.1 Å². The highest BCUT2D eigenvalue weighted by Crippen LogP contribution is 2.44. The van der Waals surface area contributed by atoms with Gasteiger partial charge in [0.2, 0.25) is 0 Å². The van der Waals surface area contributed by atoms with Crippen molar-refractivity contribution in [2.45, 2.75) is 24.8 Å². The summed E-state index contributed by atoms with van der Waals surface area (Å²) >= 11 is 0. The highest BCUT2D eigenvalue weighted by atomic mass is 16.5. The van der Waals surface area contributed by atoms with Crippen molar-refractivity contribution in [3.63, 3.8) is 0 Å². The van der Waals surface area contributed by atoms with Gasteiger partial charge in [-0.2, -0.15) is 0 Å². The SMILES string of the molecule is O=C(N[C@@H](Cc1c(Cc2ccc(O)cc2)[nH]c2ccccc12)C(=O)O)OCC1c2ccccc2-c2ccccc21. The number of phenolic OH excluding ortho intramolecular Hbond substituents is 1. The molecule has 0 bridgehead atoms. The van der Waals surface area contributed by atoms with Crippen molar-refractivity contribution in [2.75, 3.05) is 6.61 Å². The van der Waals surface area contributed by atoms with E-state index in [9.17, 15) is 19.8 Å². The minimum atomic E-state index is -1.19. The number of amides is 1. The number of carbonyl (C=O) groups is 2. The number of carboxylic acids is 1. The number of carboxylic acid groups (broad SMARTS) is 1. The average molecular weight is 533 g/mol. The molecule has 4 aromatic carbocycles. The smallest absolute Gasteiger partial charge is 0.407 e. The van der Waals surface area contributed by atoms with Crippen LogP contribution in [0.2, 0.25) is 0 Å². The number of hydrogen-bond acceptors (Lipinski definition) is 4. The molecule has 1 aromatic heterocycles. The molecule has 7 heteroatoms. The Kier molecular flexibility index (Phi) is 6.70. The molecule has 200 valence electrons. The zero-order valence-corrected chi connectivity index (χ0v) is 21.6. The molecule has 1 heterocycles. The number of carbonyl (C=O) groups excluding carboxylic acids is 1. The Labute approximate surface area is 231 Å². The number of benzene rings is 4. The number of aromatic amines is 1. The Morgan fingerprint density at radius 3 is 2.15 bits per heavy atom. The van der Waals surface area contributed by atoms with E-state index in [4.69, 9.17) is 4.74 Å². The summed E-state index contributed by atoms with van der Waals surface area (Å²) in [6.07, 6.45) is -0.174. The summed E-state index contributed by atoms with van der Waals surface area (Å²) in [5.41, 5.74) is 7.93. The first-order valence-electron chi connectivity index (χ1n) is 13.2. The largest absolute Gasteiger partial charge is 0.508 e. The molecule has 0 saturated heterocycles. The van der Waals surface area contributed by atoms with Gasteiger partial charge in [0, 0.05) is 35.4 Å². The fourth-order valence-electron chi connectivity index (χ4n) is 5.64. The number of para-hydroxylation sites is 1. The molecule has 1 aliphatic carbocycles. The first-order valence-corrected chi connectivity index (χ1v) is 13.2. The molecule has 0 fully saturated rings. The second kappa shape index (κ2) is 10.6. The summed E-state index contributed by atoms with van der Waals surface area (Å²) in [7, 11) is 0. The summed E-state index contributed by atoms with van der Waals surface area (Å²) < 4.78 is 5.62. The zero-order valence-electron chi connectivity index (χ0n) is 21.6. The Morgan fingerprint density at radius 2 is 1.48 bits per heavy atom. The molecule has 0 radical (unpaired) electrons. The van der Waals surface area contributed by atoms with Crippen molar-refractivity contribution >= 4 is 23.0 Å². The zero-order chi connectivity index (χ0) is 27.6. The lowest BCUT2D eigenvalue weighted by atomic mass is 9.98. The average Bonchev–Trinajstić information content (AvgIpc) is 3.47. The van der Waals surface area contributed by atoms with Crippen molar-refractivity contribution in [1.82, 2.24) is 10.3 Å². The lowest BCUT2D eigenvalue weighted by Crippen LogP contribution is -2.43. The van der Waals surface area contributed by atoms with Gasteiger partial charge in [-0.15, -0.1) is 0 Å². The van der Waals surface area contributed by atoms with Crippen LogP contribution in [0.5, 0.6) is 5.75 Å². The second-order valence-corrected chi connectivity index (χ2v) is 10.0. The van der Waals surface area contributed by atoms with E-state index in [-0.39, 0.29) is 24.7 Å². The van der Waals surface area contributed by atoms with Crippen LogP contribution >= 0.6 is 0 Å². The molecule has 0 saturated carbocycles. The molecule has 7 nitrogen and oxygen atoms in total. The van der Waals surface area contributed by atoms with Crippen molar-refractivity contribution in [2.24, 2.45) is 0 Å². The molecule has 1 atom stereocenters. The topological polar surface area (TPSA) is 112 Å². The van der Waals surface area contributed by atoms with E-state index in [0.717, 1.165) is 50.0 Å². The molecular formula is C33H28N2O5. The Bertz CT molecular complexity index is 1660. The van der Waals surface area contributed by atoms with E-state index in [0.29, 0.717) is 6.42 Å². The maximum Gasteiger partial charge on any atom is 0.407 e. The van der Waals surface area contributed by atoms with Crippen molar-refractivity contribution < 1.29 is 24.5 Å².